The van der Waals surface area contributed by atoms with Crippen LogP contribution >= 0.6 is 22.9 Å². The van der Waals surface area contributed by atoms with E-state index in [2.05, 4.69) is 15.0 Å². The lowest BCUT2D eigenvalue weighted by molar-refractivity contribution is -0.160. The predicted molar refractivity (Wildman–Crippen MR) is 160 cm³/mol. The molecule has 4 aromatic rings. The summed E-state index contributed by atoms with van der Waals surface area (Å²) in [5.41, 5.74) is 4.77. The van der Waals surface area contributed by atoms with Crippen molar-refractivity contribution in [3.8, 4) is 21.7 Å². The Morgan fingerprint density at radius 3 is 2.40 bits per heavy atom. The molecule has 0 saturated heterocycles. The molecule has 10 heteroatoms. The molecule has 0 amide bonds. The zero-order valence-corrected chi connectivity index (χ0v) is 24.3. The van der Waals surface area contributed by atoms with Gasteiger partial charge in [-0.2, -0.15) is 0 Å². The van der Waals surface area contributed by atoms with Gasteiger partial charge in [0, 0.05) is 47.4 Å². The molecule has 0 aliphatic carbocycles. The summed E-state index contributed by atoms with van der Waals surface area (Å²) in [6, 6.07) is 13.2. The third-order valence-corrected chi connectivity index (χ3v) is 7.74. The molecule has 206 valence electrons. The van der Waals surface area contributed by atoms with Gasteiger partial charge in [-0.1, -0.05) is 23.7 Å². The van der Waals surface area contributed by atoms with E-state index in [9.17, 15) is 9.90 Å². The molecule has 5 rings (SSSR count). The molecule has 1 unspecified atom stereocenters. The minimum atomic E-state index is -1.17. The number of aliphatic imine (C=N–C) groups is 2. The van der Waals surface area contributed by atoms with Gasteiger partial charge in [0.1, 0.15) is 5.01 Å². The van der Waals surface area contributed by atoms with E-state index in [0.717, 1.165) is 43.2 Å². The number of aromatic nitrogens is 2. The summed E-state index contributed by atoms with van der Waals surface area (Å²) >= 11 is 7.71. The fourth-order valence-electron chi connectivity index (χ4n) is 4.61. The number of benzene rings is 2. The molecule has 1 aliphatic rings. The number of nitrogens with zero attached hydrogens (tertiary/aromatic N) is 4. The topological polar surface area (TPSA) is 106 Å². The van der Waals surface area contributed by atoms with Gasteiger partial charge in [0.25, 0.3) is 0 Å². The number of carbonyl (C=O) groups is 1. The third kappa shape index (κ3) is 5.83. The summed E-state index contributed by atoms with van der Waals surface area (Å²) in [6.45, 7) is 7.44. The van der Waals surface area contributed by atoms with Crippen molar-refractivity contribution in [1.29, 1.82) is 0 Å². The van der Waals surface area contributed by atoms with Crippen LogP contribution in [0.2, 0.25) is 5.02 Å². The second kappa shape index (κ2) is 11.2. The lowest BCUT2D eigenvalue weighted by atomic mass is 9.91. The van der Waals surface area contributed by atoms with E-state index < -0.39 is 24.0 Å². The van der Waals surface area contributed by atoms with Crippen LogP contribution in [0.25, 0.3) is 31.9 Å². The van der Waals surface area contributed by atoms with Crippen molar-refractivity contribution >= 4 is 51.6 Å². The van der Waals surface area contributed by atoms with Gasteiger partial charge in [-0.05, 0) is 69.2 Å². The molecule has 2 aromatic carbocycles. The largest absolute Gasteiger partial charge is 0.479 e. The molecule has 0 saturated carbocycles. The van der Waals surface area contributed by atoms with Crippen molar-refractivity contribution in [2.75, 3.05) is 7.11 Å². The van der Waals surface area contributed by atoms with Crippen LogP contribution in [0.5, 0.6) is 0 Å². The Hall–Kier alpha value is -3.50. The van der Waals surface area contributed by atoms with Crippen LogP contribution in [0.1, 0.15) is 49.6 Å². The van der Waals surface area contributed by atoms with Crippen LogP contribution in [0.15, 0.2) is 58.6 Å². The van der Waals surface area contributed by atoms with Gasteiger partial charge in [0.05, 0.1) is 27.4 Å². The maximum absolute atomic E-state index is 12.6. The molecular formula is C30H29ClN4O4S. The number of methoxy groups -OCH3 is 1. The van der Waals surface area contributed by atoms with Gasteiger partial charge >= 0.3 is 5.97 Å². The number of aliphatic carboxylic acids is 1. The fourth-order valence-corrected chi connectivity index (χ4v) is 5.86. The van der Waals surface area contributed by atoms with Crippen LogP contribution in [0.4, 0.5) is 0 Å². The average molecular weight is 577 g/mol. The Morgan fingerprint density at radius 2 is 1.77 bits per heavy atom. The first-order valence-electron chi connectivity index (χ1n) is 12.7. The number of hydrogen-bond acceptors (Lipinski definition) is 8. The lowest BCUT2D eigenvalue weighted by Gasteiger charge is -2.28. The average Bonchev–Trinajstić information content (AvgIpc) is 3.35. The molecular weight excluding hydrogens is 548 g/mol. The molecule has 1 aliphatic heterocycles. The highest BCUT2D eigenvalue weighted by atomic mass is 35.5. The van der Waals surface area contributed by atoms with Crippen LogP contribution in [-0.2, 0) is 14.3 Å². The monoisotopic (exact) mass is 576 g/mol. The summed E-state index contributed by atoms with van der Waals surface area (Å²) in [7, 11) is 1.56. The lowest BCUT2D eigenvalue weighted by Crippen LogP contribution is -2.28. The van der Waals surface area contributed by atoms with Crippen molar-refractivity contribution in [2.24, 2.45) is 9.98 Å². The van der Waals surface area contributed by atoms with Gasteiger partial charge in [-0.15, -0.1) is 11.3 Å². The van der Waals surface area contributed by atoms with Crippen molar-refractivity contribution in [1.82, 2.24) is 9.97 Å². The zero-order valence-electron chi connectivity index (χ0n) is 22.8. The summed E-state index contributed by atoms with van der Waals surface area (Å²) in [4.78, 5) is 30.7. The first kappa shape index (κ1) is 28.0. The highest BCUT2D eigenvalue weighted by Gasteiger charge is 2.32. The Morgan fingerprint density at radius 1 is 1.07 bits per heavy atom. The number of ether oxygens (including phenoxy) is 2. The molecule has 0 spiro atoms. The summed E-state index contributed by atoms with van der Waals surface area (Å²) < 4.78 is 12.1. The maximum atomic E-state index is 12.6. The first-order valence-corrected chi connectivity index (χ1v) is 13.9. The number of carboxylic acids is 1. The van der Waals surface area contributed by atoms with E-state index in [1.165, 1.54) is 11.3 Å². The summed E-state index contributed by atoms with van der Waals surface area (Å²) in [5, 5.41) is 11.7. The minimum absolute atomic E-state index is 0.176. The van der Waals surface area contributed by atoms with Crippen molar-refractivity contribution in [3.63, 3.8) is 0 Å². The zero-order chi connectivity index (χ0) is 28.6. The van der Waals surface area contributed by atoms with Crippen molar-refractivity contribution in [3.05, 3.63) is 70.5 Å². The number of halogens is 1. The van der Waals surface area contributed by atoms with E-state index in [4.69, 9.17) is 26.1 Å². The molecule has 40 heavy (non-hydrogen) atoms. The van der Waals surface area contributed by atoms with Gasteiger partial charge in [-0.3, -0.25) is 4.98 Å². The predicted octanol–water partition coefficient (Wildman–Crippen LogP) is 7.10. The third-order valence-electron chi connectivity index (χ3n) is 6.35. The Bertz CT molecular complexity index is 1610. The summed E-state index contributed by atoms with van der Waals surface area (Å²) in [5.74, 6) is -1.23. The van der Waals surface area contributed by atoms with E-state index in [0.29, 0.717) is 10.6 Å². The highest BCUT2D eigenvalue weighted by molar-refractivity contribution is 7.22. The minimum Gasteiger partial charge on any atom is -0.479 e. The van der Waals surface area contributed by atoms with E-state index >= 15 is 0 Å². The van der Waals surface area contributed by atoms with Crippen molar-refractivity contribution in [2.45, 2.75) is 51.7 Å². The number of aryl methyl sites for hydroxylation is 1. The van der Waals surface area contributed by atoms with Crippen LogP contribution in [-0.4, -0.2) is 52.5 Å². The van der Waals surface area contributed by atoms with Gasteiger partial charge in [0.2, 0.25) is 6.35 Å². The molecule has 1 N–H and O–H groups in total. The molecule has 0 bridgehead atoms. The Kier molecular flexibility index (Phi) is 7.83. The second-order valence-electron chi connectivity index (χ2n) is 10.5. The standard InChI is InChI=1S/C30H29ClN4O4S/c1-16-12-22-26(24(17-6-8-20(31)9-7-17)23(16)25(28(36)37)39-30(2,3)4)40-27(35-22)18-10-11-32-21(13-18)19-14-33-29(38-5)34-15-19/h6-15,19,25,29H,1-5H3,(H,36,37). The SMILES string of the molecule is COC1N=CC(c2cc(-c3nc4cc(C)c(C(OC(C)(C)C)C(=O)O)c(-c5ccc(Cl)cc5)c4s3)ccn2)C=N1. The van der Waals surface area contributed by atoms with Crippen LogP contribution < -0.4 is 0 Å². The van der Waals surface area contributed by atoms with E-state index in [-0.39, 0.29) is 5.92 Å². The molecule has 2 aromatic heterocycles. The Balaban J connectivity index is 1.67. The fraction of sp³-hybridized carbons (Fsp3) is 0.300. The molecule has 3 heterocycles. The molecule has 1 atom stereocenters. The number of rotatable bonds is 7. The van der Waals surface area contributed by atoms with Crippen molar-refractivity contribution < 1.29 is 19.4 Å². The molecule has 8 nitrogen and oxygen atoms in total. The first-order chi connectivity index (χ1) is 19.0. The van der Waals surface area contributed by atoms with E-state index in [1.807, 2.05) is 58.0 Å². The van der Waals surface area contributed by atoms with Gasteiger partial charge < -0.3 is 14.6 Å². The van der Waals surface area contributed by atoms with Crippen LogP contribution in [0.3, 0.4) is 0 Å². The smallest absolute Gasteiger partial charge is 0.337 e. The normalized spacial score (nSPS) is 17.9. The summed E-state index contributed by atoms with van der Waals surface area (Å²) in [6.07, 6.45) is 3.61. The molecule has 0 fully saturated rings. The number of hydrogen-bond donors (Lipinski definition) is 1. The van der Waals surface area contributed by atoms with Gasteiger partial charge in [0.15, 0.2) is 6.10 Å². The maximum Gasteiger partial charge on any atom is 0.337 e. The highest BCUT2D eigenvalue weighted by Crippen LogP contribution is 2.44. The second-order valence-corrected chi connectivity index (χ2v) is 11.9. The van der Waals surface area contributed by atoms with Gasteiger partial charge in [-0.25, -0.2) is 19.8 Å². The number of pyridine rings is 1. The quantitative estimate of drug-likeness (QED) is 0.251. The molecule has 0 radical (unpaired) electrons. The van der Waals surface area contributed by atoms with Crippen LogP contribution in [0, 0.1) is 6.92 Å². The Labute approximate surface area is 241 Å². The number of thiazole rings is 1. The number of fused-ring (bicyclic) bond motifs is 1. The number of carboxylic acid groups (broad SMARTS) is 1. The van der Waals surface area contributed by atoms with E-state index in [1.54, 1.807) is 37.9 Å².